The summed E-state index contributed by atoms with van der Waals surface area (Å²) in [5, 5.41) is 10.1. The summed E-state index contributed by atoms with van der Waals surface area (Å²) in [4.78, 5) is 16.7. The van der Waals surface area contributed by atoms with Crippen molar-refractivity contribution in [3.63, 3.8) is 0 Å². The van der Waals surface area contributed by atoms with Crippen molar-refractivity contribution in [2.45, 2.75) is 30.8 Å². The molecule has 0 spiro atoms. The number of rotatable bonds is 5. The summed E-state index contributed by atoms with van der Waals surface area (Å²) >= 11 is 0. The number of aliphatic hydroxyl groups is 1. The maximum absolute atomic E-state index is 13.2. The van der Waals surface area contributed by atoms with E-state index in [1.165, 1.54) is 17.7 Å². The van der Waals surface area contributed by atoms with Crippen LogP contribution in [0.25, 0.3) is 11.1 Å². The Labute approximate surface area is 177 Å². The summed E-state index contributed by atoms with van der Waals surface area (Å²) in [6.45, 7) is 2.57. The highest BCUT2D eigenvalue weighted by Gasteiger charge is 2.49. The van der Waals surface area contributed by atoms with E-state index in [4.69, 9.17) is 4.74 Å². The number of methoxy groups -OCH3 is 1. The van der Waals surface area contributed by atoms with Crippen LogP contribution in [0.15, 0.2) is 48.5 Å². The monoisotopic (exact) mass is 412 g/mol. The minimum Gasteiger partial charge on any atom is -0.395 e. The molecule has 2 saturated heterocycles. The average Bonchev–Trinajstić information content (AvgIpc) is 2.74. The largest absolute Gasteiger partial charge is 0.395 e. The van der Waals surface area contributed by atoms with Gasteiger partial charge in [0.25, 0.3) is 0 Å². The number of hydrogen-bond donors (Lipinski definition) is 1. The number of halogens is 1. The van der Waals surface area contributed by atoms with Crippen LogP contribution < -0.4 is 0 Å². The first kappa shape index (κ1) is 21.0. The highest BCUT2D eigenvalue weighted by molar-refractivity contribution is 5.77. The van der Waals surface area contributed by atoms with Crippen LogP contribution >= 0.6 is 0 Å². The first-order valence-electron chi connectivity index (χ1n) is 10.6. The summed E-state index contributed by atoms with van der Waals surface area (Å²) in [5.74, 6) is -0.0435. The van der Waals surface area contributed by atoms with Gasteiger partial charge < -0.3 is 14.7 Å². The third-order valence-electron chi connectivity index (χ3n) is 6.46. The number of carbonyl (C=O) groups is 1. The summed E-state index contributed by atoms with van der Waals surface area (Å²) in [6, 6.07) is 15.1. The molecule has 0 bridgehead atoms. The number of amides is 1. The molecule has 1 N–H and O–H groups in total. The van der Waals surface area contributed by atoms with E-state index in [-0.39, 0.29) is 42.9 Å². The van der Waals surface area contributed by atoms with Gasteiger partial charge in [-0.3, -0.25) is 9.69 Å². The lowest BCUT2D eigenvalue weighted by Gasteiger charge is -2.57. The molecular weight excluding hydrogens is 383 g/mol. The molecule has 2 aliphatic rings. The van der Waals surface area contributed by atoms with Crippen molar-refractivity contribution in [2.75, 3.05) is 40.0 Å². The molecule has 4 rings (SSSR count). The third kappa shape index (κ3) is 4.13. The van der Waals surface area contributed by atoms with Crippen molar-refractivity contribution in [1.29, 1.82) is 0 Å². The zero-order chi connectivity index (χ0) is 21.1. The summed E-state index contributed by atoms with van der Waals surface area (Å²) in [6.07, 6.45) is 1.98. The van der Waals surface area contributed by atoms with Gasteiger partial charge in [-0.1, -0.05) is 36.4 Å². The summed E-state index contributed by atoms with van der Waals surface area (Å²) < 4.78 is 18.3. The van der Waals surface area contributed by atoms with E-state index < -0.39 is 0 Å². The molecule has 3 atom stereocenters. The molecule has 2 aromatic rings. The van der Waals surface area contributed by atoms with Crippen molar-refractivity contribution >= 4 is 5.91 Å². The molecule has 0 aromatic heterocycles. The van der Waals surface area contributed by atoms with Crippen molar-refractivity contribution in [3.05, 3.63) is 59.9 Å². The van der Waals surface area contributed by atoms with E-state index in [9.17, 15) is 14.3 Å². The van der Waals surface area contributed by atoms with Gasteiger partial charge in [-0.15, -0.1) is 0 Å². The van der Waals surface area contributed by atoms with Crippen LogP contribution in [-0.4, -0.2) is 72.9 Å². The first-order valence-corrected chi connectivity index (χ1v) is 10.6. The number of fused-ring (bicyclic) bond motifs is 1. The molecule has 0 saturated carbocycles. The predicted octanol–water partition coefficient (Wildman–Crippen LogP) is 2.89. The van der Waals surface area contributed by atoms with Gasteiger partial charge in [-0.2, -0.15) is 0 Å². The molecule has 0 unspecified atom stereocenters. The zero-order valence-electron chi connectivity index (χ0n) is 17.3. The van der Waals surface area contributed by atoms with Gasteiger partial charge in [0.2, 0.25) is 5.91 Å². The minimum absolute atomic E-state index is 0.0252. The van der Waals surface area contributed by atoms with Crippen LogP contribution in [0.2, 0.25) is 0 Å². The number of ether oxygens (including phenoxy) is 1. The van der Waals surface area contributed by atoms with Gasteiger partial charge in [0.05, 0.1) is 6.61 Å². The SMILES string of the molecule is COCC(=O)N1CCCCN2[C@H](CO)[C@H](c3ccc(-c4ccc(F)cc4)cc3)[C@@H]2C1. The van der Waals surface area contributed by atoms with Crippen LogP contribution in [0.5, 0.6) is 0 Å². The topological polar surface area (TPSA) is 53.0 Å². The second-order valence-corrected chi connectivity index (χ2v) is 8.19. The van der Waals surface area contributed by atoms with E-state index in [1.54, 1.807) is 19.2 Å². The highest BCUT2D eigenvalue weighted by Crippen LogP contribution is 2.42. The highest BCUT2D eigenvalue weighted by atomic mass is 19.1. The van der Waals surface area contributed by atoms with Crippen molar-refractivity contribution in [1.82, 2.24) is 9.80 Å². The van der Waals surface area contributed by atoms with Gasteiger partial charge in [0.15, 0.2) is 0 Å². The van der Waals surface area contributed by atoms with Gasteiger partial charge in [-0.25, -0.2) is 4.39 Å². The van der Waals surface area contributed by atoms with E-state index >= 15 is 0 Å². The number of aliphatic hydroxyl groups excluding tert-OH is 1. The van der Waals surface area contributed by atoms with Crippen LogP contribution in [0.4, 0.5) is 4.39 Å². The van der Waals surface area contributed by atoms with E-state index in [0.29, 0.717) is 6.54 Å². The van der Waals surface area contributed by atoms with E-state index in [0.717, 1.165) is 37.1 Å². The Morgan fingerprint density at radius 2 is 1.70 bits per heavy atom. The molecular formula is C24H29FN2O3. The Morgan fingerprint density at radius 1 is 1.07 bits per heavy atom. The standard InChI is InChI=1S/C24H29FN2O3/c1-30-16-23(29)26-12-2-3-13-27-21(14-26)24(22(27)15-28)19-6-4-17(5-7-19)18-8-10-20(25)11-9-18/h4-11,21-22,24,28H,2-3,12-16H2,1H3/t21-,22+,24+/m0/s1. The normalized spacial score (nSPS) is 24.5. The number of benzene rings is 2. The molecule has 30 heavy (non-hydrogen) atoms. The second-order valence-electron chi connectivity index (χ2n) is 8.19. The molecule has 5 nitrogen and oxygen atoms in total. The van der Waals surface area contributed by atoms with Gasteiger partial charge >= 0.3 is 0 Å². The lowest BCUT2D eigenvalue weighted by atomic mass is 9.74. The van der Waals surface area contributed by atoms with Crippen LogP contribution in [0, 0.1) is 5.82 Å². The minimum atomic E-state index is -0.243. The molecule has 0 aliphatic carbocycles. The summed E-state index contributed by atoms with van der Waals surface area (Å²) in [7, 11) is 1.55. The average molecular weight is 413 g/mol. The maximum Gasteiger partial charge on any atom is 0.248 e. The maximum atomic E-state index is 13.2. The van der Waals surface area contributed by atoms with Crippen molar-refractivity contribution in [3.8, 4) is 11.1 Å². The van der Waals surface area contributed by atoms with E-state index in [1.807, 2.05) is 4.90 Å². The lowest BCUT2D eigenvalue weighted by molar-refractivity contribution is -0.140. The quantitative estimate of drug-likeness (QED) is 0.821. The second kappa shape index (κ2) is 9.25. The van der Waals surface area contributed by atoms with Crippen LogP contribution in [-0.2, 0) is 9.53 Å². The Balaban J connectivity index is 1.55. The molecule has 6 heteroatoms. The fraction of sp³-hybridized carbons (Fsp3) is 0.458. The van der Waals surface area contributed by atoms with Crippen LogP contribution in [0.1, 0.15) is 24.3 Å². The van der Waals surface area contributed by atoms with Gasteiger partial charge in [0.1, 0.15) is 12.4 Å². The molecule has 2 fully saturated rings. The Hall–Kier alpha value is -2.28. The Morgan fingerprint density at radius 3 is 2.33 bits per heavy atom. The molecule has 0 radical (unpaired) electrons. The molecule has 1 amide bonds. The Bertz CT molecular complexity index is 856. The fourth-order valence-electron chi connectivity index (χ4n) is 4.92. The Kier molecular flexibility index (Phi) is 6.46. The third-order valence-corrected chi connectivity index (χ3v) is 6.46. The van der Waals surface area contributed by atoms with Crippen molar-refractivity contribution in [2.24, 2.45) is 0 Å². The lowest BCUT2D eigenvalue weighted by Crippen LogP contribution is -2.68. The fourth-order valence-corrected chi connectivity index (χ4v) is 4.92. The zero-order valence-corrected chi connectivity index (χ0v) is 17.3. The molecule has 2 aromatic carbocycles. The predicted molar refractivity (Wildman–Crippen MR) is 114 cm³/mol. The van der Waals surface area contributed by atoms with Crippen molar-refractivity contribution < 1.29 is 19.0 Å². The molecule has 160 valence electrons. The smallest absolute Gasteiger partial charge is 0.248 e. The van der Waals surface area contributed by atoms with Gasteiger partial charge in [-0.05, 0) is 48.2 Å². The number of hydrogen-bond acceptors (Lipinski definition) is 4. The first-order chi connectivity index (χ1) is 14.6. The molecule has 2 aliphatic heterocycles. The van der Waals surface area contributed by atoms with Gasteiger partial charge in [0, 0.05) is 38.2 Å². The number of carbonyl (C=O) groups excluding carboxylic acids is 1. The number of nitrogens with zero attached hydrogens (tertiary/aromatic N) is 2. The molecule has 2 heterocycles. The van der Waals surface area contributed by atoms with E-state index in [2.05, 4.69) is 29.2 Å². The summed E-state index contributed by atoms with van der Waals surface area (Å²) in [5.41, 5.74) is 3.17. The van der Waals surface area contributed by atoms with Crippen LogP contribution in [0.3, 0.4) is 0 Å².